The summed E-state index contributed by atoms with van der Waals surface area (Å²) in [4.78, 5) is 0. The fourth-order valence-electron chi connectivity index (χ4n) is 3.01. The number of nitrogens with one attached hydrogen (secondary N) is 1. The molecule has 16 heavy (non-hydrogen) atoms. The molecule has 0 aromatic rings. The van der Waals surface area contributed by atoms with Crippen molar-refractivity contribution >= 4 is 0 Å². The van der Waals surface area contributed by atoms with E-state index < -0.39 is 0 Å². The number of hydrogen-bond acceptors (Lipinski definition) is 2. The second-order valence-corrected chi connectivity index (χ2v) is 5.63. The van der Waals surface area contributed by atoms with Crippen molar-refractivity contribution in [3.63, 3.8) is 0 Å². The van der Waals surface area contributed by atoms with E-state index in [1.807, 2.05) is 0 Å². The lowest BCUT2D eigenvalue weighted by Crippen LogP contribution is -2.54. The minimum atomic E-state index is 0.115. The Morgan fingerprint density at radius 1 is 1.56 bits per heavy atom. The number of terminal acetylenes is 1. The lowest BCUT2D eigenvalue weighted by Gasteiger charge is -2.41. The Kier molecular flexibility index (Phi) is 5.31. The topological polar surface area (TPSA) is 38.0 Å². The molecule has 1 aliphatic carbocycles. The van der Waals surface area contributed by atoms with Crippen LogP contribution in [0.25, 0.3) is 0 Å². The van der Waals surface area contributed by atoms with Crippen LogP contribution < -0.4 is 11.1 Å². The summed E-state index contributed by atoms with van der Waals surface area (Å²) in [6.07, 6.45) is 11.7. The van der Waals surface area contributed by atoms with E-state index in [1.54, 1.807) is 0 Å². The van der Waals surface area contributed by atoms with Crippen LogP contribution in [0.5, 0.6) is 0 Å². The normalized spacial score (nSPS) is 30.3. The molecule has 0 heterocycles. The molecule has 3 N–H and O–H groups in total. The molecule has 1 rings (SSSR count). The van der Waals surface area contributed by atoms with Gasteiger partial charge in [-0.15, -0.1) is 6.42 Å². The average Bonchev–Trinajstić information content (AvgIpc) is 2.26. The Bertz CT molecular complexity index is 242. The van der Waals surface area contributed by atoms with Crippen LogP contribution in [0.3, 0.4) is 0 Å². The van der Waals surface area contributed by atoms with E-state index in [4.69, 9.17) is 12.2 Å². The maximum atomic E-state index is 5.94. The average molecular weight is 222 g/mol. The molecule has 2 unspecified atom stereocenters. The van der Waals surface area contributed by atoms with Crippen molar-refractivity contribution in [2.45, 2.75) is 51.5 Å². The highest BCUT2D eigenvalue weighted by Crippen LogP contribution is 2.35. The first-order chi connectivity index (χ1) is 7.62. The quantitative estimate of drug-likeness (QED) is 0.699. The molecular weight excluding hydrogens is 196 g/mol. The molecule has 0 saturated heterocycles. The number of hydrogen-bond donors (Lipinski definition) is 2. The van der Waals surface area contributed by atoms with Gasteiger partial charge < -0.3 is 5.73 Å². The van der Waals surface area contributed by atoms with Crippen LogP contribution in [0, 0.1) is 24.2 Å². The highest BCUT2D eigenvalue weighted by atomic mass is 15.0. The van der Waals surface area contributed by atoms with Crippen LogP contribution in [0.1, 0.15) is 46.0 Å². The standard InChI is InChI=1S/C14H26N2/c1-4-8-16-14(11-15)7-5-6-13(10-14)9-12(2)3/h1,12-13,16H,5-11,15H2,2-3H3. The van der Waals surface area contributed by atoms with Gasteiger partial charge in [0.05, 0.1) is 6.54 Å². The zero-order valence-corrected chi connectivity index (χ0v) is 10.8. The molecule has 0 aromatic heterocycles. The van der Waals surface area contributed by atoms with E-state index in [-0.39, 0.29) is 5.54 Å². The molecule has 1 saturated carbocycles. The summed E-state index contributed by atoms with van der Waals surface area (Å²) < 4.78 is 0. The smallest absolute Gasteiger partial charge is 0.0578 e. The molecule has 0 bridgehead atoms. The van der Waals surface area contributed by atoms with Crippen LogP contribution in [0.4, 0.5) is 0 Å². The summed E-state index contributed by atoms with van der Waals surface area (Å²) >= 11 is 0. The van der Waals surface area contributed by atoms with Gasteiger partial charge in [0.15, 0.2) is 0 Å². The van der Waals surface area contributed by atoms with Gasteiger partial charge in [0.2, 0.25) is 0 Å². The van der Waals surface area contributed by atoms with Crippen LogP contribution in [0.2, 0.25) is 0 Å². The SMILES string of the molecule is C#CCNC1(CN)CCCC(CC(C)C)C1. The predicted octanol–water partition coefficient (Wildman–Crippen LogP) is 2.14. The van der Waals surface area contributed by atoms with Crippen LogP contribution in [-0.4, -0.2) is 18.6 Å². The van der Waals surface area contributed by atoms with Crippen LogP contribution in [0.15, 0.2) is 0 Å². The summed E-state index contributed by atoms with van der Waals surface area (Å²) in [5.74, 6) is 4.27. The minimum Gasteiger partial charge on any atom is -0.329 e. The molecule has 0 aromatic carbocycles. The molecule has 0 radical (unpaired) electrons. The molecule has 1 aliphatic rings. The van der Waals surface area contributed by atoms with Crippen molar-refractivity contribution in [3.8, 4) is 12.3 Å². The third-order valence-corrected chi connectivity index (χ3v) is 3.71. The molecule has 1 fully saturated rings. The van der Waals surface area contributed by atoms with E-state index in [0.717, 1.165) is 11.8 Å². The predicted molar refractivity (Wildman–Crippen MR) is 70.0 cm³/mol. The van der Waals surface area contributed by atoms with Gasteiger partial charge >= 0.3 is 0 Å². The maximum absolute atomic E-state index is 5.94. The Labute approximate surface area is 100 Å². The molecule has 2 nitrogen and oxygen atoms in total. The molecule has 2 atom stereocenters. The fraction of sp³-hybridized carbons (Fsp3) is 0.857. The van der Waals surface area contributed by atoms with Crippen LogP contribution in [-0.2, 0) is 0 Å². The van der Waals surface area contributed by atoms with Crippen molar-refractivity contribution in [2.24, 2.45) is 17.6 Å². The highest BCUT2D eigenvalue weighted by molar-refractivity contribution is 4.99. The van der Waals surface area contributed by atoms with E-state index in [0.29, 0.717) is 13.1 Å². The van der Waals surface area contributed by atoms with Crippen molar-refractivity contribution < 1.29 is 0 Å². The van der Waals surface area contributed by atoms with Gasteiger partial charge in [-0.2, -0.15) is 0 Å². The first kappa shape index (κ1) is 13.5. The number of nitrogens with two attached hydrogens (primary N) is 1. The second kappa shape index (κ2) is 6.27. The molecule has 2 heteroatoms. The lowest BCUT2D eigenvalue weighted by atomic mass is 9.73. The van der Waals surface area contributed by atoms with E-state index in [1.165, 1.54) is 32.1 Å². The van der Waals surface area contributed by atoms with Gasteiger partial charge in [0.1, 0.15) is 0 Å². The minimum absolute atomic E-state index is 0.115. The van der Waals surface area contributed by atoms with Crippen molar-refractivity contribution in [1.82, 2.24) is 5.32 Å². The summed E-state index contributed by atoms with van der Waals surface area (Å²) in [6, 6.07) is 0. The Morgan fingerprint density at radius 2 is 2.31 bits per heavy atom. The van der Waals surface area contributed by atoms with Crippen LogP contribution >= 0.6 is 0 Å². The van der Waals surface area contributed by atoms with Crippen molar-refractivity contribution in [1.29, 1.82) is 0 Å². The molecule has 92 valence electrons. The lowest BCUT2D eigenvalue weighted by molar-refractivity contribution is 0.173. The largest absolute Gasteiger partial charge is 0.329 e. The first-order valence-electron chi connectivity index (χ1n) is 6.50. The third kappa shape index (κ3) is 3.81. The summed E-state index contributed by atoms with van der Waals surface area (Å²) in [7, 11) is 0. The van der Waals surface area contributed by atoms with E-state index >= 15 is 0 Å². The van der Waals surface area contributed by atoms with Crippen molar-refractivity contribution in [2.75, 3.05) is 13.1 Å². The summed E-state index contributed by atoms with van der Waals surface area (Å²) in [5, 5.41) is 3.48. The highest BCUT2D eigenvalue weighted by Gasteiger charge is 2.34. The van der Waals surface area contributed by atoms with Gasteiger partial charge in [-0.25, -0.2) is 0 Å². The maximum Gasteiger partial charge on any atom is 0.0578 e. The molecule has 0 amide bonds. The summed E-state index contributed by atoms with van der Waals surface area (Å²) in [6.45, 7) is 5.95. The van der Waals surface area contributed by atoms with Gasteiger partial charge in [0.25, 0.3) is 0 Å². The Morgan fingerprint density at radius 3 is 2.88 bits per heavy atom. The molecular formula is C14H26N2. The summed E-state index contributed by atoms with van der Waals surface area (Å²) in [5.41, 5.74) is 6.06. The van der Waals surface area contributed by atoms with Gasteiger partial charge in [0, 0.05) is 12.1 Å². The first-order valence-corrected chi connectivity index (χ1v) is 6.50. The van der Waals surface area contributed by atoms with Gasteiger partial charge in [-0.05, 0) is 31.1 Å². The fourth-order valence-corrected chi connectivity index (χ4v) is 3.01. The zero-order valence-electron chi connectivity index (χ0n) is 10.8. The van der Waals surface area contributed by atoms with E-state index in [2.05, 4.69) is 25.1 Å². The van der Waals surface area contributed by atoms with E-state index in [9.17, 15) is 0 Å². The Balaban J connectivity index is 2.54. The Hall–Kier alpha value is -0.520. The third-order valence-electron chi connectivity index (χ3n) is 3.71. The molecule has 0 spiro atoms. The van der Waals surface area contributed by atoms with Crippen molar-refractivity contribution in [3.05, 3.63) is 0 Å². The zero-order chi connectivity index (χ0) is 12.0. The monoisotopic (exact) mass is 222 g/mol. The number of rotatable bonds is 5. The van der Waals surface area contributed by atoms with Gasteiger partial charge in [-0.3, -0.25) is 5.32 Å². The second-order valence-electron chi connectivity index (χ2n) is 5.63. The van der Waals surface area contributed by atoms with Gasteiger partial charge in [-0.1, -0.05) is 32.6 Å². The molecule has 0 aliphatic heterocycles.